The summed E-state index contributed by atoms with van der Waals surface area (Å²) in [6, 6.07) is 16.7. The Labute approximate surface area is 338 Å². The molecule has 3 N–H and O–H groups in total. The van der Waals surface area contributed by atoms with Crippen LogP contribution < -0.4 is 19.5 Å². The molecule has 0 saturated carbocycles. The minimum Gasteiger partial charge on any atom is -0.493 e. The predicted octanol–water partition coefficient (Wildman–Crippen LogP) is 5.77. The molecule has 4 aromatic rings. The SMILES string of the molecule is COC(=O)C1CCN(CCCOc2cccc(-c3cccc(COc4cc(OCc5cncc(S(C)(=O)=O)c5)c(CNC(C)(CO)C(=O)O)cc4Cl)c3C)c2C)C1. The largest absolute Gasteiger partial charge is 0.493 e. The number of carbonyl (C=O) groups excluding carboxylic acids is 1. The normalized spacial score (nSPS) is 15.5. The summed E-state index contributed by atoms with van der Waals surface area (Å²) in [6.45, 7) is 7.83. The van der Waals surface area contributed by atoms with Crippen molar-refractivity contribution in [2.75, 3.05) is 46.2 Å². The van der Waals surface area contributed by atoms with E-state index in [1.54, 1.807) is 12.1 Å². The summed E-state index contributed by atoms with van der Waals surface area (Å²) in [6.07, 6.45) is 5.49. The van der Waals surface area contributed by atoms with Crippen LogP contribution in [-0.4, -0.2) is 92.2 Å². The fourth-order valence-corrected chi connectivity index (χ4v) is 7.43. The molecule has 0 radical (unpaired) electrons. The topological polar surface area (TPSA) is 174 Å². The minimum absolute atomic E-state index is 0.0283. The lowest BCUT2D eigenvalue weighted by Gasteiger charge is -2.25. The van der Waals surface area contributed by atoms with Crippen LogP contribution in [0.2, 0.25) is 5.02 Å². The first-order valence-electron chi connectivity index (χ1n) is 18.6. The van der Waals surface area contributed by atoms with E-state index < -0.39 is 28.0 Å². The van der Waals surface area contributed by atoms with Gasteiger partial charge in [-0.15, -0.1) is 0 Å². The van der Waals surface area contributed by atoms with Crippen LogP contribution >= 0.6 is 11.6 Å². The van der Waals surface area contributed by atoms with Gasteiger partial charge in [0.05, 0.1) is 36.2 Å². The number of ether oxygens (including phenoxy) is 4. The Balaban J connectivity index is 1.30. The zero-order valence-electron chi connectivity index (χ0n) is 32.8. The third-order valence-corrected chi connectivity index (χ3v) is 11.6. The smallest absolute Gasteiger partial charge is 0.326 e. The predicted molar refractivity (Wildman–Crippen MR) is 215 cm³/mol. The van der Waals surface area contributed by atoms with Gasteiger partial charge in [-0.2, -0.15) is 0 Å². The van der Waals surface area contributed by atoms with Crippen molar-refractivity contribution in [2.24, 2.45) is 5.92 Å². The quantitative estimate of drug-likeness (QED) is 0.0769. The summed E-state index contributed by atoms with van der Waals surface area (Å²) in [7, 11) is -2.07. The number of aromatic nitrogens is 1. The van der Waals surface area contributed by atoms with Gasteiger partial charge in [-0.1, -0.05) is 41.9 Å². The number of nitrogens with one attached hydrogen (secondary N) is 1. The summed E-state index contributed by atoms with van der Waals surface area (Å²) in [5.74, 6) is -0.0185. The van der Waals surface area contributed by atoms with Crippen molar-refractivity contribution in [1.29, 1.82) is 0 Å². The first-order valence-corrected chi connectivity index (χ1v) is 20.8. The molecule has 2 atom stereocenters. The molecule has 2 unspecified atom stereocenters. The third kappa shape index (κ3) is 11.0. The number of esters is 1. The van der Waals surface area contributed by atoms with Crippen molar-refractivity contribution in [3.8, 4) is 28.4 Å². The molecule has 306 valence electrons. The van der Waals surface area contributed by atoms with E-state index in [0.717, 1.165) is 65.8 Å². The number of rotatable bonds is 19. The van der Waals surface area contributed by atoms with E-state index in [9.17, 15) is 28.2 Å². The Bertz CT molecular complexity index is 2180. The van der Waals surface area contributed by atoms with Crippen LogP contribution in [0.5, 0.6) is 17.2 Å². The van der Waals surface area contributed by atoms with Gasteiger partial charge in [0, 0.05) is 55.5 Å². The number of pyridine rings is 1. The number of halogens is 1. The Kier molecular flexibility index (Phi) is 14.6. The van der Waals surface area contributed by atoms with Gasteiger partial charge in [-0.25, -0.2) is 8.42 Å². The number of hydrogen-bond donors (Lipinski definition) is 3. The Morgan fingerprint density at radius 2 is 1.68 bits per heavy atom. The second kappa shape index (κ2) is 19.1. The highest BCUT2D eigenvalue weighted by atomic mass is 35.5. The maximum Gasteiger partial charge on any atom is 0.326 e. The molecule has 1 saturated heterocycles. The van der Waals surface area contributed by atoms with Crippen LogP contribution in [0.3, 0.4) is 0 Å². The van der Waals surface area contributed by atoms with Crippen molar-refractivity contribution < 1.29 is 47.2 Å². The Morgan fingerprint density at radius 3 is 2.39 bits per heavy atom. The van der Waals surface area contributed by atoms with Crippen molar-refractivity contribution >= 4 is 33.4 Å². The molecular weight excluding hydrogens is 774 g/mol. The number of aliphatic hydroxyl groups is 1. The fraction of sp³-hybridized carbons (Fsp3) is 0.405. The molecule has 15 heteroatoms. The van der Waals surface area contributed by atoms with E-state index >= 15 is 0 Å². The molecule has 1 aliphatic heterocycles. The van der Waals surface area contributed by atoms with Crippen molar-refractivity contribution in [2.45, 2.75) is 63.8 Å². The van der Waals surface area contributed by atoms with Gasteiger partial charge in [-0.3, -0.25) is 19.9 Å². The van der Waals surface area contributed by atoms with Gasteiger partial charge in [0.25, 0.3) is 0 Å². The zero-order chi connectivity index (χ0) is 41.3. The van der Waals surface area contributed by atoms with E-state index in [1.807, 2.05) is 38.1 Å². The summed E-state index contributed by atoms with van der Waals surface area (Å²) in [5.41, 5.74) is 4.34. The standard InChI is InChI=1S/C42H50ClN3O10S/c1-27-31(9-6-10-34(27)35-11-7-12-37(28(35)2)54-16-8-14-46-15-13-30(23-46)40(48)53-4)25-56-39-19-38(55-24-29-17-33(22-44-20-29)57(5,51)52)32(18-36(39)43)21-45-42(3,26-47)41(49)50/h6-7,9-12,17-20,22,30,45,47H,8,13-16,21,23-26H2,1-5H3,(H,49,50). The molecular formula is C42H50ClN3O10S. The number of methoxy groups -OCH3 is 1. The highest BCUT2D eigenvalue weighted by molar-refractivity contribution is 7.90. The van der Waals surface area contributed by atoms with E-state index in [1.165, 1.54) is 32.5 Å². The molecule has 1 aliphatic rings. The summed E-state index contributed by atoms with van der Waals surface area (Å²) >= 11 is 6.74. The highest BCUT2D eigenvalue weighted by Gasteiger charge is 2.32. The van der Waals surface area contributed by atoms with Gasteiger partial charge in [0.1, 0.15) is 36.0 Å². The number of carbonyl (C=O) groups is 2. The van der Waals surface area contributed by atoms with Gasteiger partial charge >= 0.3 is 11.9 Å². The zero-order valence-corrected chi connectivity index (χ0v) is 34.4. The van der Waals surface area contributed by atoms with Crippen molar-refractivity contribution in [3.63, 3.8) is 0 Å². The lowest BCUT2D eigenvalue weighted by Crippen LogP contribution is -2.52. The monoisotopic (exact) mass is 823 g/mol. The van der Waals surface area contributed by atoms with E-state index in [-0.39, 0.29) is 41.6 Å². The fourth-order valence-electron chi connectivity index (χ4n) is 6.57. The number of carboxylic acid groups (broad SMARTS) is 1. The number of aliphatic carboxylic acids is 1. The van der Waals surface area contributed by atoms with Crippen LogP contribution in [0.4, 0.5) is 0 Å². The molecule has 13 nitrogen and oxygen atoms in total. The number of sulfone groups is 1. The minimum atomic E-state index is -3.50. The average Bonchev–Trinajstić information content (AvgIpc) is 3.67. The summed E-state index contributed by atoms with van der Waals surface area (Å²) < 4.78 is 47.8. The first-order chi connectivity index (χ1) is 27.1. The molecule has 0 bridgehead atoms. The summed E-state index contributed by atoms with van der Waals surface area (Å²) in [5, 5.41) is 22.6. The van der Waals surface area contributed by atoms with Crippen molar-refractivity contribution in [1.82, 2.24) is 15.2 Å². The van der Waals surface area contributed by atoms with E-state index in [4.69, 9.17) is 30.5 Å². The molecule has 1 fully saturated rings. The highest BCUT2D eigenvalue weighted by Crippen LogP contribution is 2.36. The third-order valence-electron chi connectivity index (χ3n) is 10.3. The number of hydrogen-bond acceptors (Lipinski definition) is 12. The van der Waals surface area contributed by atoms with Crippen LogP contribution in [0.25, 0.3) is 11.1 Å². The second-order valence-electron chi connectivity index (χ2n) is 14.4. The van der Waals surface area contributed by atoms with Crippen LogP contribution in [-0.2, 0) is 43.9 Å². The molecule has 0 spiro atoms. The Morgan fingerprint density at radius 1 is 0.965 bits per heavy atom. The molecule has 57 heavy (non-hydrogen) atoms. The number of carboxylic acids is 1. The van der Waals surface area contributed by atoms with Crippen molar-refractivity contribution in [3.05, 3.63) is 99.8 Å². The molecule has 0 amide bonds. The maximum absolute atomic E-state index is 12.1. The molecule has 3 aromatic carbocycles. The van der Waals surface area contributed by atoms with E-state index in [0.29, 0.717) is 35.8 Å². The lowest BCUT2D eigenvalue weighted by molar-refractivity contribution is -0.146. The lowest BCUT2D eigenvalue weighted by atomic mass is 9.93. The molecule has 0 aliphatic carbocycles. The number of aliphatic hydroxyl groups excluding tert-OH is 1. The van der Waals surface area contributed by atoms with Gasteiger partial charge in [0.2, 0.25) is 0 Å². The van der Waals surface area contributed by atoms with E-state index in [2.05, 4.69) is 27.3 Å². The second-order valence-corrected chi connectivity index (χ2v) is 16.9. The Hall–Kier alpha value is -4.73. The number of benzene rings is 3. The van der Waals surface area contributed by atoms with Gasteiger partial charge in [-0.05, 0) is 86.2 Å². The van der Waals surface area contributed by atoms with Gasteiger partial charge < -0.3 is 34.1 Å². The maximum atomic E-state index is 12.1. The summed E-state index contributed by atoms with van der Waals surface area (Å²) in [4.78, 5) is 30.1. The molecule has 1 aromatic heterocycles. The number of likely N-dealkylation sites (tertiary alicyclic amines) is 1. The first kappa shape index (κ1) is 43.4. The molecule has 5 rings (SSSR count). The number of nitrogens with zero attached hydrogens (tertiary/aromatic N) is 2. The van der Waals surface area contributed by atoms with Crippen LogP contribution in [0.15, 0.2) is 71.9 Å². The van der Waals surface area contributed by atoms with Gasteiger partial charge in [0.15, 0.2) is 9.84 Å². The van der Waals surface area contributed by atoms with Crippen LogP contribution in [0, 0.1) is 19.8 Å². The van der Waals surface area contributed by atoms with Crippen LogP contribution in [0.1, 0.15) is 47.6 Å². The average molecular weight is 824 g/mol. The molecule has 2 heterocycles.